The second-order valence-electron chi connectivity index (χ2n) is 1.04. The van der Waals surface area contributed by atoms with E-state index in [1.807, 2.05) is 0 Å². The van der Waals surface area contributed by atoms with Crippen LogP contribution in [0.5, 0.6) is 0 Å². The van der Waals surface area contributed by atoms with E-state index >= 15 is 0 Å². The molecule has 0 fully saturated rings. The highest BCUT2D eigenvalue weighted by atomic mass is 79.9. The van der Waals surface area contributed by atoms with E-state index in [2.05, 4.69) is 10.5 Å². The molecule has 0 aliphatic carbocycles. The number of ether oxygens (including phenoxy) is 1. The van der Waals surface area contributed by atoms with Gasteiger partial charge in [0.2, 0.25) is 0 Å². The number of carbonyl (C=O) groups is 1. The molecule has 0 heterocycles. The van der Waals surface area contributed by atoms with Crippen molar-refractivity contribution in [3.8, 4) is 0 Å². The molecule has 5 nitrogen and oxygen atoms in total. The maximum atomic E-state index is 10.1. The largest absolute Gasteiger partial charge is 0.392 e. The van der Waals surface area contributed by atoms with Gasteiger partial charge in [-0.2, -0.15) is 0 Å². The van der Waals surface area contributed by atoms with E-state index < -0.39 is 12.0 Å². The Labute approximate surface area is 79.1 Å². The van der Waals surface area contributed by atoms with Crippen molar-refractivity contribution in [3.05, 3.63) is 0 Å². The van der Waals surface area contributed by atoms with Crippen LogP contribution in [0.3, 0.4) is 0 Å². The summed E-state index contributed by atoms with van der Waals surface area (Å²) in [6.07, 6.45) is 0. The van der Waals surface area contributed by atoms with E-state index in [9.17, 15) is 4.79 Å². The highest BCUT2D eigenvalue weighted by molar-refractivity contribution is 8.93. The molecule has 0 saturated carbocycles. The third-order valence-electron chi connectivity index (χ3n) is 0.390. The number of hydrogen-bond donors (Lipinski definition) is 3. The minimum absolute atomic E-state index is 0. The summed E-state index contributed by atoms with van der Waals surface area (Å²) in [7, 11) is 0. The Morgan fingerprint density at radius 1 is 1.50 bits per heavy atom. The summed E-state index contributed by atoms with van der Waals surface area (Å²) >= 11 is 0. The van der Waals surface area contributed by atoms with Crippen molar-refractivity contribution in [3.63, 3.8) is 0 Å². The molecule has 0 aliphatic rings. The lowest BCUT2D eigenvalue weighted by atomic mass is 10.7. The maximum absolute atomic E-state index is 10.1. The van der Waals surface area contributed by atoms with Crippen molar-refractivity contribution in [2.24, 2.45) is 11.5 Å². The molecule has 10 heavy (non-hydrogen) atoms. The highest BCUT2D eigenvalue weighted by Gasteiger charge is 1.97. The number of esters is 1. The topological polar surface area (TPSA) is 102 Å². The maximum Gasteiger partial charge on any atom is 0.327 e. The Morgan fingerprint density at radius 2 is 1.90 bits per heavy atom. The van der Waals surface area contributed by atoms with Gasteiger partial charge in [-0.05, 0) is 0 Å². The molecule has 7 heteroatoms. The second-order valence-corrected chi connectivity index (χ2v) is 1.04. The number of nitrogens with two attached hydrogens (primary N) is 2. The lowest BCUT2D eigenvalue weighted by Crippen LogP contribution is -2.24. The molecule has 0 aromatic heterocycles. The van der Waals surface area contributed by atoms with Gasteiger partial charge in [0.1, 0.15) is 0 Å². The molecule has 0 aromatic rings. The van der Waals surface area contributed by atoms with Crippen molar-refractivity contribution in [1.82, 2.24) is 0 Å². The summed E-state index contributed by atoms with van der Waals surface area (Å²) in [6, 6.07) is -0.625. The van der Waals surface area contributed by atoms with Gasteiger partial charge in [0.15, 0.2) is 0 Å². The average Bonchev–Trinajstić information content (AvgIpc) is 1.65. The third-order valence-corrected chi connectivity index (χ3v) is 0.390. The fourth-order valence-corrected chi connectivity index (χ4v) is 0.164. The van der Waals surface area contributed by atoms with Crippen molar-refractivity contribution in [2.45, 2.75) is 0 Å². The monoisotopic (exact) mass is 277 g/mol. The van der Waals surface area contributed by atoms with Crippen LogP contribution >= 0.6 is 34.0 Å². The zero-order valence-electron chi connectivity index (χ0n) is 4.99. The van der Waals surface area contributed by atoms with Crippen molar-refractivity contribution in [2.75, 3.05) is 6.54 Å². The highest BCUT2D eigenvalue weighted by Crippen LogP contribution is 1.69. The van der Waals surface area contributed by atoms with Gasteiger partial charge in [-0.3, -0.25) is 10.2 Å². The van der Waals surface area contributed by atoms with Crippen LogP contribution in [0.15, 0.2) is 0 Å². The SMILES string of the molecule is Br.Br.N=C(N)OC(=O)CN. The van der Waals surface area contributed by atoms with Gasteiger partial charge < -0.3 is 16.2 Å². The van der Waals surface area contributed by atoms with E-state index in [0.29, 0.717) is 0 Å². The summed E-state index contributed by atoms with van der Waals surface area (Å²) in [6.45, 7) is -0.250. The van der Waals surface area contributed by atoms with E-state index in [1.54, 1.807) is 0 Å². The quantitative estimate of drug-likeness (QED) is 0.343. The summed E-state index contributed by atoms with van der Waals surface area (Å²) in [5, 5.41) is 6.41. The molecule has 62 valence electrons. The second kappa shape index (κ2) is 8.86. The van der Waals surface area contributed by atoms with Gasteiger partial charge in [-0.25, -0.2) is 0 Å². The van der Waals surface area contributed by atoms with E-state index in [0.717, 1.165) is 0 Å². The Kier molecular flexibility index (Phi) is 14.6. The molecule has 0 atom stereocenters. The summed E-state index contributed by atoms with van der Waals surface area (Å²) in [5.41, 5.74) is 9.45. The molecule has 0 amide bonds. The normalized spacial score (nSPS) is 6.50. The fraction of sp³-hybridized carbons (Fsp3) is 0.333. The Balaban J connectivity index is -0.000000245. The summed E-state index contributed by atoms with van der Waals surface area (Å²) in [4.78, 5) is 10.1. The lowest BCUT2D eigenvalue weighted by Gasteiger charge is -1.94. The molecule has 0 rings (SSSR count). The van der Waals surface area contributed by atoms with Crippen LogP contribution < -0.4 is 11.5 Å². The van der Waals surface area contributed by atoms with Gasteiger partial charge >= 0.3 is 5.97 Å². The molecule has 0 saturated heterocycles. The number of carbonyl (C=O) groups excluding carboxylic acids is 1. The van der Waals surface area contributed by atoms with Crippen LogP contribution in [0.25, 0.3) is 0 Å². The van der Waals surface area contributed by atoms with Crippen LogP contribution in [0, 0.1) is 5.41 Å². The first-order chi connectivity index (χ1) is 3.66. The lowest BCUT2D eigenvalue weighted by molar-refractivity contribution is -0.134. The van der Waals surface area contributed by atoms with Gasteiger partial charge in [-0.15, -0.1) is 34.0 Å². The molecule has 0 aliphatic heterocycles. The van der Waals surface area contributed by atoms with Gasteiger partial charge in [-0.1, -0.05) is 0 Å². The molecule has 0 bridgehead atoms. The first-order valence-electron chi connectivity index (χ1n) is 1.91. The van der Waals surface area contributed by atoms with Crippen LogP contribution in [0.2, 0.25) is 0 Å². The van der Waals surface area contributed by atoms with Crippen molar-refractivity contribution >= 4 is 46.0 Å². The molecular weight excluding hydrogens is 270 g/mol. The molecule has 0 radical (unpaired) electrons. The zero-order valence-corrected chi connectivity index (χ0v) is 8.42. The minimum Gasteiger partial charge on any atom is -0.392 e. The fourth-order valence-electron chi connectivity index (χ4n) is 0.164. The molecule has 0 unspecified atom stereocenters. The minimum atomic E-state index is -0.697. The number of amidine groups is 1. The van der Waals surface area contributed by atoms with E-state index in [1.165, 1.54) is 0 Å². The van der Waals surface area contributed by atoms with E-state index in [4.69, 9.17) is 11.1 Å². The number of hydrogen-bond acceptors (Lipinski definition) is 4. The molecular formula is C3H9Br2N3O2. The number of halogens is 2. The van der Waals surface area contributed by atoms with Crippen molar-refractivity contribution in [1.29, 1.82) is 5.41 Å². The van der Waals surface area contributed by atoms with E-state index in [-0.39, 0.29) is 40.5 Å². The van der Waals surface area contributed by atoms with Gasteiger partial charge in [0.25, 0.3) is 6.02 Å². The third kappa shape index (κ3) is 10.8. The number of rotatable bonds is 1. The predicted octanol–water partition coefficient (Wildman–Crippen LogP) is -0.462. The Morgan fingerprint density at radius 3 is 2.00 bits per heavy atom. The van der Waals surface area contributed by atoms with Gasteiger partial charge in [0, 0.05) is 0 Å². The van der Waals surface area contributed by atoms with Crippen LogP contribution in [0.4, 0.5) is 0 Å². The van der Waals surface area contributed by atoms with Gasteiger partial charge in [0.05, 0.1) is 6.54 Å². The average molecular weight is 279 g/mol. The van der Waals surface area contributed by atoms with Crippen LogP contribution in [0.1, 0.15) is 0 Å². The first kappa shape index (κ1) is 16.4. The van der Waals surface area contributed by atoms with Crippen molar-refractivity contribution < 1.29 is 9.53 Å². The summed E-state index contributed by atoms with van der Waals surface area (Å²) in [5.74, 6) is -0.697. The summed E-state index contributed by atoms with van der Waals surface area (Å²) < 4.78 is 4.00. The molecule has 5 N–H and O–H groups in total. The number of nitrogens with one attached hydrogen (secondary N) is 1. The predicted molar refractivity (Wildman–Crippen MR) is 47.7 cm³/mol. The first-order valence-corrected chi connectivity index (χ1v) is 1.91. The Bertz CT molecular complexity index is 118. The molecule has 0 spiro atoms. The van der Waals surface area contributed by atoms with Crippen LogP contribution in [-0.2, 0) is 9.53 Å². The van der Waals surface area contributed by atoms with Crippen LogP contribution in [-0.4, -0.2) is 18.5 Å². The smallest absolute Gasteiger partial charge is 0.327 e. The zero-order chi connectivity index (χ0) is 6.57. The Hall–Kier alpha value is -0.140. The standard InChI is InChI=1S/C3H7N3O2.2BrH/c4-1-2(7)8-3(5)6;;/h1,4H2,(H3,5,6);2*1H. The molecule has 0 aromatic carbocycles.